The van der Waals surface area contributed by atoms with Crippen LogP contribution in [0.5, 0.6) is 0 Å². The second-order valence-corrected chi connectivity index (χ2v) is 4.97. The SMILES string of the molecule is Fc1cc2[nH]c(=S)n(C3CC=CC3)c2cc1Cl. The molecule has 0 amide bonds. The predicted octanol–water partition coefficient (Wildman–Crippen LogP) is 4.38. The lowest BCUT2D eigenvalue weighted by Crippen LogP contribution is -2.04. The number of fused-ring (bicyclic) bond motifs is 1. The van der Waals surface area contributed by atoms with Gasteiger partial charge in [0.2, 0.25) is 0 Å². The van der Waals surface area contributed by atoms with Crippen LogP contribution in [0.1, 0.15) is 18.9 Å². The largest absolute Gasteiger partial charge is 0.330 e. The van der Waals surface area contributed by atoms with Crippen molar-refractivity contribution in [2.45, 2.75) is 18.9 Å². The minimum atomic E-state index is -0.424. The molecule has 0 atom stereocenters. The van der Waals surface area contributed by atoms with Gasteiger partial charge in [-0.05, 0) is 31.1 Å². The van der Waals surface area contributed by atoms with Crippen LogP contribution in [0.25, 0.3) is 11.0 Å². The molecule has 0 saturated carbocycles. The van der Waals surface area contributed by atoms with Gasteiger partial charge in [0.1, 0.15) is 5.82 Å². The first-order chi connectivity index (χ1) is 8.16. The molecular weight excluding hydrogens is 259 g/mol. The second kappa shape index (κ2) is 3.96. The first-order valence-electron chi connectivity index (χ1n) is 5.41. The molecule has 1 aliphatic rings. The number of aromatic nitrogens is 2. The van der Waals surface area contributed by atoms with E-state index in [4.69, 9.17) is 23.8 Å². The molecule has 0 radical (unpaired) electrons. The molecule has 1 N–H and O–H groups in total. The van der Waals surface area contributed by atoms with Crippen molar-refractivity contribution in [2.75, 3.05) is 0 Å². The van der Waals surface area contributed by atoms with E-state index < -0.39 is 5.82 Å². The summed E-state index contributed by atoms with van der Waals surface area (Å²) >= 11 is 11.1. The fourth-order valence-corrected chi connectivity index (χ4v) is 2.81. The summed E-state index contributed by atoms with van der Waals surface area (Å²) in [5.41, 5.74) is 1.57. The maximum atomic E-state index is 13.4. The van der Waals surface area contributed by atoms with E-state index in [0.29, 0.717) is 16.3 Å². The third-order valence-corrected chi connectivity index (χ3v) is 3.70. The molecule has 1 heterocycles. The van der Waals surface area contributed by atoms with Crippen LogP contribution >= 0.6 is 23.8 Å². The third-order valence-electron chi connectivity index (χ3n) is 3.11. The number of imidazole rings is 1. The van der Waals surface area contributed by atoms with Gasteiger partial charge in [0.15, 0.2) is 4.77 Å². The van der Waals surface area contributed by atoms with Gasteiger partial charge < -0.3 is 9.55 Å². The van der Waals surface area contributed by atoms with Crippen molar-refractivity contribution in [1.82, 2.24) is 9.55 Å². The number of benzene rings is 1. The normalized spacial score (nSPS) is 16.1. The van der Waals surface area contributed by atoms with Crippen molar-refractivity contribution in [3.63, 3.8) is 0 Å². The van der Waals surface area contributed by atoms with Crippen LogP contribution in [-0.4, -0.2) is 9.55 Å². The standard InChI is InChI=1S/C12H10ClFN2S/c13-8-5-11-10(6-9(8)14)15-12(17)16(11)7-3-1-2-4-7/h1-2,5-7H,3-4H2,(H,15,17). The van der Waals surface area contributed by atoms with Gasteiger partial charge in [-0.3, -0.25) is 0 Å². The minimum absolute atomic E-state index is 0.131. The fraction of sp³-hybridized carbons (Fsp3) is 0.250. The Kier molecular flexibility index (Phi) is 2.56. The zero-order valence-corrected chi connectivity index (χ0v) is 10.5. The summed E-state index contributed by atoms with van der Waals surface area (Å²) in [6, 6.07) is 3.35. The number of nitrogens with zero attached hydrogens (tertiary/aromatic N) is 1. The van der Waals surface area contributed by atoms with E-state index in [-0.39, 0.29) is 5.02 Å². The van der Waals surface area contributed by atoms with Crippen LogP contribution in [0.15, 0.2) is 24.3 Å². The van der Waals surface area contributed by atoms with E-state index in [1.807, 2.05) is 4.57 Å². The highest BCUT2D eigenvalue weighted by Gasteiger charge is 2.17. The van der Waals surface area contributed by atoms with Crippen LogP contribution in [0.2, 0.25) is 5.02 Å². The lowest BCUT2D eigenvalue weighted by Gasteiger charge is -2.12. The molecule has 0 unspecified atom stereocenters. The van der Waals surface area contributed by atoms with Crippen molar-refractivity contribution < 1.29 is 4.39 Å². The molecule has 1 aromatic heterocycles. The Bertz CT molecular complexity index is 663. The molecule has 1 aromatic carbocycles. The highest BCUT2D eigenvalue weighted by Crippen LogP contribution is 2.30. The van der Waals surface area contributed by atoms with Crippen LogP contribution < -0.4 is 0 Å². The zero-order chi connectivity index (χ0) is 12.0. The molecule has 0 aliphatic heterocycles. The summed E-state index contributed by atoms with van der Waals surface area (Å²) in [5.74, 6) is -0.424. The number of aromatic amines is 1. The molecule has 5 heteroatoms. The van der Waals surface area contributed by atoms with E-state index in [0.717, 1.165) is 18.4 Å². The number of halogens is 2. The lowest BCUT2D eigenvalue weighted by molar-refractivity contribution is 0.544. The van der Waals surface area contributed by atoms with Gasteiger partial charge in [0.05, 0.1) is 16.1 Å². The van der Waals surface area contributed by atoms with Gasteiger partial charge in [0, 0.05) is 12.1 Å². The Labute approximate surface area is 108 Å². The minimum Gasteiger partial charge on any atom is -0.330 e. The fourth-order valence-electron chi connectivity index (χ4n) is 2.30. The van der Waals surface area contributed by atoms with Gasteiger partial charge in [-0.15, -0.1) is 0 Å². The topological polar surface area (TPSA) is 20.7 Å². The zero-order valence-electron chi connectivity index (χ0n) is 8.91. The predicted molar refractivity (Wildman–Crippen MR) is 69.5 cm³/mol. The Hall–Kier alpha value is -1.13. The highest BCUT2D eigenvalue weighted by molar-refractivity contribution is 7.71. The van der Waals surface area contributed by atoms with E-state index in [9.17, 15) is 4.39 Å². The number of allylic oxidation sites excluding steroid dienone is 2. The van der Waals surface area contributed by atoms with Gasteiger partial charge in [-0.1, -0.05) is 23.8 Å². The molecule has 1 aliphatic carbocycles. The Balaban J connectivity index is 2.26. The van der Waals surface area contributed by atoms with Crippen molar-refractivity contribution in [1.29, 1.82) is 0 Å². The molecule has 2 nitrogen and oxygen atoms in total. The summed E-state index contributed by atoms with van der Waals surface area (Å²) in [6.07, 6.45) is 6.18. The molecule has 0 spiro atoms. The van der Waals surface area contributed by atoms with Gasteiger partial charge in [-0.2, -0.15) is 0 Å². The maximum Gasteiger partial charge on any atom is 0.178 e. The average molecular weight is 269 g/mol. The maximum absolute atomic E-state index is 13.4. The van der Waals surface area contributed by atoms with E-state index in [1.165, 1.54) is 6.07 Å². The Morgan fingerprint density at radius 3 is 2.76 bits per heavy atom. The quantitative estimate of drug-likeness (QED) is 0.601. The Morgan fingerprint density at radius 2 is 2.06 bits per heavy atom. The lowest BCUT2D eigenvalue weighted by atomic mass is 10.2. The van der Waals surface area contributed by atoms with Crippen molar-refractivity contribution in [2.24, 2.45) is 0 Å². The first kappa shape index (κ1) is 11.0. The van der Waals surface area contributed by atoms with Crippen LogP contribution in [-0.2, 0) is 0 Å². The first-order valence-corrected chi connectivity index (χ1v) is 6.19. The number of H-pyrrole nitrogens is 1. The van der Waals surface area contributed by atoms with Crippen LogP contribution in [0.3, 0.4) is 0 Å². The number of rotatable bonds is 1. The monoisotopic (exact) mass is 268 g/mol. The van der Waals surface area contributed by atoms with Crippen molar-refractivity contribution in [3.8, 4) is 0 Å². The molecule has 3 rings (SSSR count). The van der Waals surface area contributed by atoms with Crippen molar-refractivity contribution in [3.05, 3.63) is 39.9 Å². The molecule has 88 valence electrons. The molecule has 0 saturated heterocycles. The Morgan fingerprint density at radius 1 is 1.35 bits per heavy atom. The third kappa shape index (κ3) is 1.72. The summed E-state index contributed by atoms with van der Waals surface area (Å²) in [4.78, 5) is 3.02. The summed E-state index contributed by atoms with van der Waals surface area (Å²) in [6.45, 7) is 0. The average Bonchev–Trinajstić information content (AvgIpc) is 2.86. The van der Waals surface area contributed by atoms with Gasteiger partial charge in [0.25, 0.3) is 0 Å². The smallest absolute Gasteiger partial charge is 0.178 e. The molecule has 2 aromatic rings. The van der Waals surface area contributed by atoms with Crippen LogP contribution in [0, 0.1) is 10.6 Å². The van der Waals surface area contributed by atoms with Crippen molar-refractivity contribution >= 4 is 34.9 Å². The van der Waals surface area contributed by atoms with Crippen LogP contribution in [0.4, 0.5) is 4.39 Å². The molecular formula is C12H10ClFN2S. The van der Waals surface area contributed by atoms with Gasteiger partial charge in [-0.25, -0.2) is 4.39 Å². The second-order valence-electron chi connectivity index (χ2n) is 4.18. The molecule has 0 fully saturated rings. The van der Waals surface area contributed by atoms with E-state index >= 15 is 0 Å². The summed E-state index contributed by atoms with van der Waals surface area (Å²) < 4.78 is 16.0. The van der Waals surface area contributed by atoms with E-state index in [1.54, 1.807) is 6.07 Å². The highest BCUT2D eigenvalue weighted by atomic mass is 35.5. The molecule has 17 heavy (non-hydrogen) atoms. The van der Waals surface area contributed by atoms with E-state index in [2.05, 4.69) is 17.1 Å². The molecule has 0 bridgehead atoms. The van der Waals surface area contributed by atoms with Gasteiger partial charge >= 0.3 is 0 Å². The number of hydrogen-bond acceptors (Lipinski definition) is 1. The summed E-state index contributed by atoms with van der Waals surface area (Å²) in [5, 5.41) is 0.131. The number of hydrogen-bond donors (Lipinski definition) is 1. The number of nitrogens with one attached hydrogen (secondary N) is 1. The summed E-state index contributed by atoms with van der Waals surface area (Å²) in [7, 11) is 0.